The number of anilines is 1. The number of benzene rings is 2. The van der Waals surface area contributed by atoms with Crippen LogP contribution in [0.4, 0.5) is 5.69 Å². The van der Waals surface area contributed by atoms with Crippen molar-refractivity contribution in [1.82, 2.24) is 5.32 Å². The van der Waals surface area contributed by atoms with Gasteiger partial charge in [-0.05, 0) is 42.7 Å². The summed E-state index contributed by atoms with van der Waals surface area (Å²) in [7, 11) is 0. The van der Waals surface area contributed by atoms with E-state index in [1.165, 1.54) is 6.07 Å². The van der Waals surface area contributed by atoms with Crippen LogP contribution >= 0.6 is 0 Å². The number of para-hydroxylation sites is 1. The summed E-state index contributed by atoms with van der Waals surface area (Å²) in [5, 5.41) is 6.30. The first-order valence-corrected chi connectivity index (χ1v) is 8.81. The van der Waals surface area contributed by atoms with Crippen LogP contribution in [-0.2, 0) is 11.2 Å². The van der Waals surface area contributed by atoms with Crippen molar-refractivity contribution in [2.24, 2.45) is 0 Å². The largest absolute Gasteiger partial charge is 0.422 e. The standard InChI is InChI=1S/C21H18N2O4/c24-19(22-15-9-10-15)11-13-5-7-16(8-6-13)23-20(25)17-12-14-3-1-2-4-18(14)27-21(17)26/h1-8,12,15H,9-11H2,(H,22,24)(H,23,25). The summed E-state index contributed by atoms with van der Waals surface area (Å²) in [4.78, 5) is 36.3. The second kappa shape index (κ2) is 7.07. The van der Waals surface area contributed by atoms with Gasteiger partial charge in [0.15, 0.2) is 0 Å². The van der Waals surface area contributed by atoms with Crippen molar-refractivity contribution in [3.63, 3.8) is 0 Å². The number of carbonyl (C=O) groups is 2. The average molecular weight is 362 g/mol. The first kappa shape index (κ1) is 17.0. The molecule has 6 heteroatoms. The van der Waals surface area contributed by atoms with Crippen LogP contribution in [0.2, 0.25) is 0 Å². The van der Waals surface area contributed by atoms with Gasteiger partial charge in [-0.25, -0.2) is 4.79 Å². The van der Waals surface area contributed by atoms with E-state index in [2.05, 4.69) is 10.6 Å². The molecule has 3 aromatic rings. The van der Waals surface area contributed by atoms with Gasteiger partial charge in [0.05, 0.1) is 6.42 Å². The molecular weight excluding hydrogens is 344 g/mol. The van der Waals surface area contributed by atoms with Crippen molar-refractivity contribution < 1.29 is 14.0 Å². The molecule has 0 bridgehead atoms. The van der Waals surface area contributed by atoms with E-state index >= 15 is 0 Å². The van der Waals surface area contributed by atoms with E-state index in [4.69, 9.17) is 4.42 Å². The number of amides is 2. The van der Waals surface area contributed by atoms with Crippen LogP contribution in [0.1, 0.15) is 28.8 Å². The van der Waals surface area contributed by atoms with Gasteiger partial charge >= 0.3 is 5.63 Å². The maximum Gasteiger partial charge on any atom is 0.349 e. The highest BCUT2D eigenvalue weighted by molar-refractivity contribution is 6.05. The fourth-order valence-corrected chi connectivity index (χ4v) is 2.82. The van der Waals surface area contributed by atoms with Gasteiger partial charge in [0.25, 0.3) is 5.91 Å². The highest BCUT2D eigenvalue weighted by Crippen LogP contribution is 2.19. The zero-order valence-electron chi connectivity index (χ0n) is 14.5. The summed E-state index contributed by atoms with van der Waals surface area (Å²) in [6.07, 6.45) is 2.41. The highest BCUT2D eigenvalue weighted by atomic mass is 16.4. The molecule has 1 aliphatic carbocycles. The lowest BCUT2D eigenvalue weighted by molar-refractivity contribution is -0.120. The van der Waals surface area contributed by atoms with Gasteiger partial charge in [-0.2, -0.15) is 0 Å². The van der Waals surface area contributed by atoms with Gasteiger partial charge in [-0.15, -0.1) is 0 Å². The smallest absolute Gasteiger partial charge is 0.349 e. The van der Waals surface area contributed by atoms with E-state index < -0.39 is 11.5 Å². The van der Waals surface area contributed by atoms with Gasteiger partial charge in [0.1, 0.15) is 11.1 Å². The van der Waals surface area contributed by atoms with E-state index in [1.807, 2.05) is 6.07 Å². The minimum absolute atomic E-state index is 0.00283. The summed E-state index contributed by atoms with van der Waals surface area (Å²) < 4.78 is 5.19. The SMILES string of the molecule is O=C(Cc1ccc(NC(=O)c2cc3ccccc3oc2=O)cc1)NC1CC1. The maximum atomic E-state index is 12.4. The number of hydrogen-bond acceptors (Lipinski definition) is 4. The Bertz CT molecular complexity index is 1070. The van der Waals surface area contributed by atoms with Crippen LogP contribution in [0.3, 0.4) is 0 Å². The molecular formula is C21H18N2O4. The molecule has 4 rings (SSSR count). The normalized spacial score (nSPS) is 13.3. The van der Waals surface area contributed by atoms with Crippen LogP contribution in [-0.4, -0.2) is 17.9 Å². The number of carbonyl (C=O) groups excluding carboxylic acids is 2. The molecule has 136 valence electrons. The quantitative estimate of drug-likeness (QED) is 0.683. The Kier molecular flexibility index (Phi) is 4.46. The van der Waals surface area contributed by atoms with Crippen molar-refractivity contribution in [3.8, 4) is 0 Å². The molecule has 0 atom stereocenters. The van der Waals surface area contributed by atoms with Crippen LogP contribution in [0.5, 0.6) is 0 Å². The van der Waals surface area contributed by atoms with Gasteiger partial charge in [-0.1, -0.05) is 30.3 Å². The fourth-order valence-electron chi connectivity index (χ4n) is 2.82. The molecule has 1 fully saturated rings. The van der Waals surface area contributed by atoms with Crippen LogP contribution in [0.15, 0.2) is 63.8 Å². The zero-order valence-corrected chi connectivity index (χ0v) is 14.5. The predicted molar refractivity (Wildman–Crippen MR) is 102 cm³/mol. The summed E-state index contributed by atoms with van der Waals surface area (Å²) >= 11 is 0. The van der Waals surface area contributed by atoms with Gasteiger partial charge in [0, 0.05) is 17.1 Å². The second-order valence-electron chi connectivity index (χ2n) is 6.65. The number of nitrogens with one attached hydrogen (secondary N) is 2. The third kappa shape index (κ3) is 4.06. The minimum atomic E-state index is -0.681. The minimum Gasteiger partial charge on any atom is -0.422 e. The number of fused-ring (bicyclic) bond motifs is 1. The summed E-state index contributed by atoms with van der Waals surface area (Å²) in [6.45, 7) is 0. The molecule has 0 unspecified atom stereocenters. The lowest BCUT2D eigenvalue weighted by Crippen LogP contribution is -2.26. The lowest BCUT2D eigenvalue weighted by Gasteiger charge is -2.07. The van der Waals surface area contributed by atoms with Crippen molar-refractivity contribution >= 4 is 28.5 Å². The Morgan fingerprint density at radius 3 is 2.52 bits per heavy atom. The zero-order chi connectivity index (χ0) is 18.8. The second-order valence-corrected chi connectivity index (χ2v) is 6.65. The molecule has 0 aliphatic heterocycles. The monoisotopic (exact) mass is 362 g/mol. The molecule has 1 aliphatic rings. The van der Waals surface area contributed by atoms with E-state index in [0.717, 1.165) is 18.4 Å². The molecule has 0 spiro atoms. The summed E-state index contributed by atoms with van der Waals surface area (Å²) in [6, 6.07) is 15.9. The molecule has 6 nitrogen and oxygen atoms in total. The van der Waals surface area contributed by atoms with Crippen LogP contribution in [0.25, 0.3) is 11.0 Å². The van der Waals surface area contributed by atoms with Crippen molar-refractivity contribution in [1.29, 1.82) is 0 Å². The summed E-state index contributed by atoms with van der Waals surface area (Å²) in [5.41, 5.74) is 1.10. The molecule has 2 N–H and O–H groups in total. The average Bonchev–Trinajstić information content (AvgIpc) is 3.46. The highest BCUT2D eigenvalue weighted by Gasteiger charge is 2.23. The molecule has 2 aromatic carbocycles. The summed E-state index contributed by atoms with van der Waals surface area (Å²) in [5.74, 6) is -0.531. The van der Waals surface area contributed by atoms with Gasteiger partial charge < -0.3 is 15.1 Å². The third-order valence-electron chi connectivity index (χ3n) is 4.40. The first-order chi connectivity index (χ1) is 13.1. The van der Waals surface area contributed by atoms with Crippen LogP contribution in [0, 0.1) is 0 Å². The Labute approximate surface area is 155 Å². The van der Waals surface area contributed by atoms with Crippen LogP contribution < -0.4 is 16.3 Å². The third-order valence-corrected chi connectivity index (χ3v) is 4.40. The molecule has 1 heterocycles. The molecule has 0 radical (unpaired) electrons. The Hall–Kier alpha value is -3.41. The van der Waals surface area contributed by atoms with E-state index in [-0.39, 0.29) is 11.5 Å². The van der Waals surface area contributed by atoms with Gasteiger partial charge in [-0.3, -0.25) is 9.59 Å². The topological polar surface area (TPSA) is 88.4 Å². The Morgan fingerprint density at radius 1 is 1.04 bits per heavy atom. The Morgan fingerprint density at radius 2 is 1.78 bits per heavy atom. The van der Waals surface area contributed by atoms with Gasteiger partial charge in [0.2, 0.25) is 5.91 Å². The van der Waals surface area contributed by atoms with E-state index in [0.29, 0.717) is 29.1 Å². The molecule has 1 saturated carbocycles. The Balaban J connectivity index is 1.45. The number of rotatable bonds is 5. The van der Waals surface area contributed by atoms with Crippen molar-refractivity contribution in [2.45, 2.75) is 25.3 Å². The molecule has 0 saturated heterocycles. The number of hydrogen-bond donors (Lipinski definition) is 2. The van der Waals surface area contributed by atoms with Crippen molar-refractivity contribution in [2.75, 3.05) is 5.32 Å². The maximum absolute atomic E-state index is 12.4. The van der Waals surface area contributed by atoms with E-state index in [1.54, 1.807) is 42.5 Å². The predicted octanol–water partition coefficient (Wildman–Crippen LogP) is 2.87. The first-order valence-electron chi connectivity index (χ1n) is 8.81. The molecule has 2 amide bonds. The molecule has 1 aromatic heterocycles. The lowest BCUT2D eigenvalue weighted by atomic mass is 10.1. The molecule has 27 heavy (non-hydrogen) atoms. The fraction of sp³-hybridized carbons (Fsp3) is 0.190. The van der Waals surface area contributed by atoms with Crippen molar-refractivity contribution in [3.05, 3.63) is 76.1 Å². The van der Waals surface area contributed by atoms with E-state index in [9.17, 15) is 14.4 Å².